The molecule has 0 heterocycles. The largest absolute Gasteiger partial charge is 0.480 e. The minimum atomic E-state index is -0.861. The fourth-order valence-corrected chi connectivity index (χ4v) is 3.23. The van der Waals surface area contributed by atoms with Gasteiger partial charge in [0.25, 0.3) is 0 Å². The van der Waals surface area contributed by atoms with Gasteiger partial charge in [0.15, 0.2) is 0 Å². The average molecular weight is 380 g/mol. The van der Waals surface area contributed by atoms with Crippen molar-refractivity contribution >= 4 is 49.9 Å². The standard InChI is InChI=1S/C17H18BrNO2S/c1-2-3-10-19(11-16(20)21)17(22)14-8-4-7-13-12(14)6-5-9-15(13)18/h4-9H,2-3,10-11H2,1H3,(H,20,21). The normalized spacial score (nSPS) is 10.6. The van der Waals surface area contributed by atoms with Gasteiger partial charge in [-0.2, -0.15) is 0 Å². The molecule has 2 aromatic carbocycles. The molecule has 0 aliphatic rings. The lowest BCUT2D eigenvalue weighted by Crippen LogP contribution is -2.35. The average Bonchev–Trinajstić information content (AvgIpc) is 2.50. The Labute approximate surface area is 144 Å². The number of unbranched alkanes of at least 4 members (excludes halogenated alkanes) is 1. The number of halogens is 1. The monoisotopic (exact) mass is 379 g/mol. The van der Waals surface area contributed by atoms with E-state index in [9.17, 15) is 4.79 Å². The van der Waals surface area contributed by atoms with Crippen molar-refractivity contribution in [1.29, 1.82) is 0 Å². The zero-order valence-corrected chi connectivity index (χ0v) is 14.8. The quantitative estimate of drug-likeness (QED) is 0.751. The lowest BCUT2D eigenvalue weighted by atomic mass is 10.0. The first-order chi connectivity index (χ1) is 10.5. The molecule has 0 aromatic heterocycles. The van der Waals surface area contributed by atoms with E-state index in [1.54, 1.807) is 4.90 Å². The fourth-order valence-electron chi connectivity index (χ4n) is 2.39. The number of rotatable bonds is 6. The van der Waals surface area contributed by atoms with Gasteiger partial charge in [-0.15, -0.1) is 0 Å². The van der Waals surface area contributed by atoms with Crippen molar-refractivity contribution in [3.05, 3.63) is 46.4 Å². The van der Waals surface area contributed by atoms with Crippen LogP contribution in [-0.4, -0.2) is 34.1 Å². The van der Waals surface area contributed by atoms with Gasteiger partial charge in [0.2, 0.25) is 0 Å². The van der Waals surface area contributed by atoms with E-state index in [0.29, 0.717) is 11.5 Å². The van der Waals surface area contributed by atoms with Gasteiger partial charge in [0.05, 0.1) is 0 Å². The number of nitrogens with zero attached hydrogens (tertiary/aromatic N) is 1. The molecule has 0 saturated heterocycles. The van der Waals surface area contributed by atoms with Crippen molar-refractivity contribution < 1.29 is 9.90 Å². The van der Waals surface area contributed by atoms with Gasteiger partial charge in [-0.25, -0.2) is 0 Å². The van der Waals surface area contributed by atoms with Gasteiger partial charge in [-0.3, -0.25) is 4.79 Å². The van der Waals surface area contributed by atoms with Gasteiger partial charge in [-0.05, 0) is 23.3 Å². The third-order valence-corrected chi connectivity index (χ3v) is 4.66. The number of hydrogen-bond acceptors (Lipinski definition) is 2. The summed E-state index contributed by atoms with van der Waals surface area (Å²) in [6.07, 6.45) is 1.92. The van der Waals surface area contributed by atoms with Gasteiger partial charge in [-0.1, -0.05) is 71.8 Å². The molecule has 1 N–H and O–H groups in total. The summed E-state index contributed by atoms with van der Waals surface area (Å²) in [7, 11) is 0. The van der Waals surface area contributed by atoms with E-state index in [0.717, 1.165) is 33.7 Å². The van der Waals surface area contributed by atoms with Crippen LogP contribution in [0.1, 0.15) is 25.3 Å². The van der Waals surface area contributed by atoms with Crippen LogP contribution in [0, 0.1) is 0 Å². The molecule has 0 amide bonds. The summed E-state index contributed by atoms with van der Waals surface area (Å²) in [6.45, 7) is 2.67. The Morgan fingerprint density at radius 2 is 1.91 bits per heavy atom. The summed E-state index contributed by atoms with van der Waals surface area (Å²) in [5, 5.41) is 11.2. The van der Waals surface area contributed by atoms with Crippen LogP contribution in [-0.2, 0) is 4.79 Å². The second-order valence-electron chi connectivity index (χ2n) is 5.11. The predicted octanol–water partition coefficient (Wildman–Crippen LogP) is 4.46. The van der Waals surface area contributed by atoms with Crippen LogP contribution in [0.15, 0.2) is 40.9 Å². The maximum Gasteiger partial charge on any atom is 0.323 e. The number of carbonyl (C=O) groups is 1. The number of hydrogen-bond donors (Lipinski definition) is 1. The number of thiocarbonyl (C=S) groups is 1. The topological polar surface area (TPSA) is 40.5 Å². The van der Waals surface area contributed by atoms with Crippen molar-refractivity contribution in [3.63, 3.8) is 0 Å². The molecule has 3 nitrogen and oxygen atoms in total. The molecule has 5 heteroatoms. The second kappa shape index (κ2) is 7.70. The molecule has 0 aliphatic carbocycles. The van der Waals surface area contributed by atoms with Gasteiger partial charge >= 0.3 is 5.97 Å². The van der Waals surface area contributed by atoms with Crippen molar-refractivity contribution in [3.8, 4) is 0 Å². The molecular weight excluding hydrogens is 362 g/mol. The van der Waals surface area contributed by atoms with E-state index in [-0.39, 0.29) is 6.54 Å². The highest BCUT2D eigenvalue weighted by atomic mass is 79.9. The maximum atomic E-state index is 11.1. The number of benzene rings is 2. The summed E-state index contributed by atoms with van der Waals surface area (Å²) in [6, 6.07) is 11.9. The first-order valence-electron chi connectivity index (χ1n) is 7.23. The molecule has 116 valence electrons. The zero-order chi connectivity index (χ0) is 16.1. The summed E-state index contributed by atoms with van der Waals surface area (Å²) >= 11 is 9.14. The molecule has 0 atom stereocenters. The van der Waals surface area contributed by atoms with Gasteiger partial charge in [0, 0.05) is 16.6 Å². The van der Waals surface area contributed by atoms with E-state index in [2.05, 4.69) is 22.9 Å². The second-order valence-corrected chi connectivity index (χ2v) is 6.36. The lowest BCUT2D eigenvalue weighted by molar-refractivity contribution is -0.137. The molecule has 0 aliphatic heterocycles. The number of carboxylic acid groups (broad SMARTS) is 1. The number of aliphatic carboxylic acids is 1. The lowest BCUT2D eigenvalue weighted by Gasteiger charge is -2.24. The van der Waals surface area contributed by atoms with Crippen molar-refractivity contribution in [2.75, 3.05) is 13.1 Å². The summed E-state index contributed by atoms with van der Waals surface area (Å²) in [4.78, 5) is 13.5. The Morgan fingerprint density at radius 1 is 1.23 bits per heavy atom. The third-order valence-electron chi connectivity index (χ3n) is 3.49. The first-order valence-corrected chi connectivity index (χ1v) is 8.43. The van der Waals surface area contributed by atoms with E-state index < -0.39 is 5.97 Å². The molecule has 2 rings (SSSR count). The molecule has 0 saturated carbocycles. The molecule has 22 heavy (non-hydrogen) atoms. The fraction of sp³-hybridized carbons (Fsp3) is 0.294. The molecule has 0 fully saturated rings. The van der Waals surface area contributed by atoms with Crippen LogP contribution in [0.25, 0.3) is 10.8 Å². The van der Waals surface area contributed by atoms with Crippen molar-refractivity contribution in [2.45, 2.75) is 19.8 Å². The Morgan fingerprint density at radius 3 is 2.59 bits per heavy atom. The molecule has 2 aromatic rings. The highest BCUT2D eigenvalue weighted by Gasteiger charge is 2.16. The summed E-state index contributed by atoms with van der Waals surface area (Å²) in [5.41, 5.74) is 0.908. The number of fused-ring (bicyclic) bond motifs is 1. The minimum absolute atomic E-state index is 0.0662. The highest BCUT2D eigenvalue weighted by Crippen LogP contribution is 2.27. The molecule has 0 spiro atoms. The molecule has 0 bridgehead atoms. The predicted molar refractivity (Wildman–Crippen MR) is 97.5 cm³/mol. The summed E-state index contributed by atoms with van der Waals surface area (Å²) < 4.78 is 1.01. The van der Waals surface area contributed by atoms with E-state index in [4.69, 9.17) is 17.3 Å². The van der Waals surface area contributed by atoms with Crippen LogP contribution >= 0.6 is 28.1 Å². The Bertz CT molecular complexity index is 702. The van der Waals surface area contributed by atoms with E-state index >= 15 is 0 Å². The Hall–Kier alpha value is -1.46. The van der Waals surface area contributed by atoms with E-state index in [1.165, 1.54) is 0 Å². The Balaban J connectivity index is 2.42. The molecule has 0 unspecified atom stereocenters. The van der Waals surface area contributed by atoms with Crippen molar-refractivity contribution in [2.24, 2.45) is 0 Å². The summed E-state index contributed by atoms with van der Waals surface area (Å²) in [5.74, 6) is -0.861. The third kappa shape index (κ3) is 3.84. The van der Waals surface area contributed by atoms with Crippen LogP contribution < -0.4 is 0 Å². The SMILES string of the molecule is CCCCN(CC(=O)O)C(=S)c1cccc2c(Br)cccc12. The molecular formula is C17H18BrNO2S. The van der Waals surface area contributed by atoms with Crippen molar-refractivity contribution in [1.82, 2.24) is 4.90 Å². The van der Waals surface area contributed by atoms with Gasteiger partial charge < -0.3 is 10.0 Å². The maximum absolute atomic E-state index is 11.1. The van der Waals surface area contributed by atoms with Crippen LogP contribution in [0.5, 0.6) is 0 Å². The number of carboxylic acids is 1. The zero-order valence-electron chi connectivity index (χ0n) is 12.4. The molecule has 0 radical (unpaired) electrons. The highest BCUT2D eigenvalue weighted by molar-refractivity contribution is 9.10. The van der Waals surface area contributed by atoms with Crippen LogP contribution in [0.3, 0.4) is 0 Å². The smallest absolute Gasteiger partial charge is 0.323 e. The van der Waals surface area contributed by atoms with Gasteiger partial charge in [0.1, 0.15) is 11.5 Å². The first kappa shape index (κ1) is 16.9. The Kier molecular flexibility index (Phi) is 5.91. The minimum Gasteiger partial charge on any atom is -0.480 e. The van der Waals surface area contributed by atoms with Crippen LogP contribution in [0.4, 0.5) is 0 Å². The van der Waals surface area contributed by atoms with E-state index in [1.807, 2.05) is 36.4 Å². The van der Waals surface area contributed by atoms with Crippen LogP contribution in [0.2, 0.25) is 0 Å².